The highest BCUT2D eigenvalue weighted by molar-refractivity contribution is 5.98. The Labute approximate surface area is 223 Å². The molecule has 2 aromatic heterocycles. The van der Waals surface area contributed by atoms with Gasteiger partial charge in [-0.2, -0.15) is 0 Å². The van der Waals surface area contributed by atoms with Crippen molar-refractivity contribution in [3.8, 4) is 22.8 Å². The number of hydrogen-bond donors (Lipinski definition) is 1. The smallest absolute Gasteiger partial charge is 0.259 e. The fourth-order valence-corrected chi connectivity index (χ4v) is 4.45. The minimum atomic E-state index is -0.419. The maximum atomic E-state index is 13.7. The highest BCUT2D eigenvalue weighted by Crippen LogP contribution is 2.31. The van der Waals surface area contributed by atoms with E-state index < -0.39 is 12.1 Å². The Morgan fingerprint density at radius 1 is 1.24 bits per heavy atom. The lowest BCUT2D eigenvalue weighted by atomic mass is 9.99. The fraction of sp³-hybridized carbons (Fsp3) is 0.379. The van der Waals surface area contributed by atoms with Crippen molar-refractivity contribution >= 4 is 11.8 Å². The number of rotatable bonds is 8. The van der Waals surface area contributed by atoms with Gasteiger partial charge in [-0.1, -0.05) is 25.1 Å². The molecule has 0 saturated heterocycles. The summed E-state index contributed by atoms with van der Waals surface area (Å²) in [6, 6.07) is 12.5. The van der Waals surface area contributed by atoms with Crippen LogP contribution in [-0.2, 0) is 11.2 Å². The predicted molar refractivity (Wildman–Crippen MR) is 143 cm³/mol. The van der Waals surface area contributed by atoms with Gasteiger partial charge in [0.15, 0.2) is 0 Å². The molecule has 0 bridgehead atoms. The van der Waals surface area contributed by atoms with Crippen molar-refractivity contribution in [3.63, 3.8) is 0 Å². The molecule has 3 heterocycles. The van der Waals surface area contributed by atoms with Gasteiger partial charge in [0.25, 0.3) is 5.91 Å². The molecule has 3 aromatic rings. The number of aromatic nitrogens is 2. The zero-order valence-electron chi connectivity index (χ0n) is 22.2. The van der Waals surface area contributed by atoms with Crippen molar-refractivity contribution in [1.82, 2.24) is 19.8 Å². The molecule has 0 saturated carbocycles. The first-order valence-corrected chi connectivity index (χ1v) is 12.7. The molecular weight excluding hydrogens is 484 g/mol. The summed E-state index contributed by atoms with van der Waals surface area (Å²) in [4.78, 5) is 38.5. The molecule has 0 unspecified atom stereocenters. The van der Waals surface area contributed by atoms with Crippen LogP contribution in [0.25, 0.3) is 11.1 Å². The van der Waals surface area contributed by atoms with Crippen LogP contribution in [0.5, 0.6) is 11.6 Å². The quantitative estimate of drug-likeness (QED) is 0.489. The number of benzene rings is 1. The third-order valence-corrected chi connectivity index (χ3v) is 6.90. The summed E-state index contributed by atoms with van der Waals surface area (Å²) >= 11 is 0. The van der Waals surface area contributed by atoms with Gasteiger partial charge in [-0.25, -0.2) is 4.98 Å². The Kier molecular flexibility index (Phi) is 8.58. The summed E-state index contributed by atoms with van der Waals surface area (Å²) in [6.07, 6.45) is 4.84. The number of hydrogen-bond acceptors (Lipinski definition) is 7. The molecule has 38 heavy (non-hydrogen) atoms. The van der Waals surface area contributed by atoms with E-state index in [1.54, 1.807) is 54.7 Å². The summed E-state index contributed by atoms with van der Waals surface area (Å²) in [6.45, 7) is 4.30. The van der Waals surface area contributed by atoms with Crippen LogP contribution in [0.3, 0.4) is 0 Å². The number of pyridine rings is 2. The number of fused-ring (bicyclic) bond motifs is 1. The van der Waals surface area contributed by atoms with E-state index in [4.69, 9.17) is 9.47 Å². The van der Waals surface area contributed by atoms with Crippen molar-refractivity contribution < 1.29 is 24.2 Å². The van der Waals surface area contributed by atoms with E-state index >= 15 is 0 Å². The maximum absolute atomic E-state index is 13.7. The molecule has 1 aliphatic rings. The van der Waals surface area contributed by atoms with Gasteiger partial charge in [0.1, 0.15) is 17.4 Å². The highest BCUT2D eigenvalue weighted by Gasteiger charge is 2.34. The van der Waals surface area contributed by atoms with Crippen LogP contribution in [0.2, 0.25) is 0 Å². The number of ether oxygens (including phenoxy) is 2. The predicted octanol–water partition coefficient (Wildman–Crippen LogP) is 3.07. The third kappa shape index (κ3) is 6.11. The second kappa shape index (κ2) is 12.0. The molecule has 0 radical (unpaired) electrons. The number of amides is 2. The lowest BCUT2D eigenvalue weighted by Gasteiger charge is -2.37. The standard InChI is InChI=1S/C29H34N4O5/c1-19-16-33(20(2)18-34)29(36)25-13-23(22-7-9-24(37-4)10-8-22)15-31-28(25)38-26(19)17-32(3)27(35)12-21-6-5-11-30-14-21/h5-11,13-15,19-20,26,34H,12,16-18H2,1-4H3/t19-,20-,26-/m0/s1. The summed E-state index contributed by atoms with van der Waals surface area (Å²) in [7, 11) is 3.35. The van der Waals surface area contributed by atoms with E-state index in [-0.39, 0.29) is 36.6 Å². The molecule has 0 aliphatic carbocycles. The Morgan fingerprint density at radius 3 is 2.66 bits per heavy atom. The van der Waals surface area contributed by atoms with Gasteiger partial charge < -0.3 is 24.4 Å². The average molecular weight is 519 g/mol. The van der Waals surface area contributed by atoms with E-state index in [0.29, 0.717) is 18.7 Å². The molecule has 1 aromatic carbocycles. The topological polar surface area (TPSA) is 105 Å². The monoisotopic (exact) mass is 518 g/mol. The normalized spacial score (nSPS) is 18.0. The second-order valence-corrected chi connectivity index (χ2v) is 9.74. The summed E-state index contributed by atoms with van der Waals surface area (Å²) in [5.74, 6) is 0.505. The second-order valence-electron chi connectivity index (χ2n) is 9.74. The van der Waals surface area contributed by atoms with Crippen LogP contribution in [0.15, 0.2) is 61.1 Å². The van der Waals surface area contributed by atoms with Crippen LogP contribution in [0.1, 0.15) is 29.8 Å². The molecular formula is C29H34N4O5. The number of nitrogens with zero attached hydrogens (tertiary/aromatic N) is 4. The first-order valence-electron chi connectivity index (χ1n) is 12.7. The number of methoxy groups -OCH3 is 1. The number of aliphatic hydroxyl groups is 1. The summed E-state index contributed by atoms with van der Waals surface area (Å²) in [5.41, 5.74) is 2.79. The Morgan fingerprint density at radius 2 is 2.00 bits per heavy atom. The van der Waals surface area contributed by atoms with Gasteiger partial charge in [-0.05, 0) is 42.3 Å². The van der Waals surface area contributed by atoms with Gasteiger partial charge in [-0.3, -0.25) is 14.6 Å². The molecule has 9 heteroatoms. The van der Waals surface area contributed by atoms with Crippen molar-refractivity contribution in [2.45, 2.75) is 32.4 Å². The molecule has 1 aliphatic heterocycles. The van der Waals surface area contributed by atoms with Crippen LogP contribution in [0, 0.1) is 5.92 Å². The number of carbonyl (C=O) groups excluding carboxylic acids is 2. The number of carbonyl (C=O) groups is 2. The molecule has 0 spiro atoms. The number of likely N-dealkylation sites (N-methyl/N-ethyl adjacent to an activating group) is 1. The zero-order valence-corrected chi connectivity index (χ0v) is 22.2. The first-order chi connectivity index (χ1) is 18.3. The lowest BCUT2D eigenvalue weighted by molar-refractivity contribution is -0.130. The molecule has 4 rings (SSSR count). The summed E-state index contributed by atoms with van der Waals surface area (Å²) < 4.78 is 11.6. The molecule has 9 nitrogen and oxygen atoms in total. The van der Waals surface area contributed by atoms with Crippen molar-refractivity contribution in [2.24, 2.45) is 5.92 Å². The lowest BCUT2D eigenvalue weighted by Crippen LogP contribution is -2.50. The van der Waals surface area contributed by atoms with Gasteiger partial charge in [0, 0.05) is 43.7 Å². The zero-order chi connectivity index (χ0) is 27.2. The van der Waals surface area contributed by atoms with Crippen molar-refractivity contribution in [3.05, 3.63) is 72.2 Å². The minimum Gasteiger partial charge on any atom is -0.497 e. The van der Waals surface area contributed by atoms with Gasteiger partial charge in [0.2, 0.25) is 11.8 Å². The SMILES string of the molecule is COc1ccc(-c2cnc3c(c2)C(=O)N([C@@H](C)CO)C[C@H](C)[C@H](CN(C)C(=O)Cc2cccnc2)O3)cc1. The molecule has 3 atom stereocenters. The van der Waals surface area contributed by atoms with Crippen molar-refractivity contribution in [1.29, 1.82) is 0 Å². The minimum absolute atomic E-state index is 0.0597. The van der Waals surface area contributed by atoms with Crippen LogP contribution >= 0.6 is 0 Å². The highest BCUT2D eigenvalue weighted by atomic mass is 16.5. The van der Waals surface area contributed by atoms with Crippen molar-refractivity contribution in [2.75, 3.05) is 33.9 Å². The Bertz CT molecular complexity index is 1250. The Balaban J connectivity index is 1.63. The van der Waals surface area contributed by atoms with Gasteiger partial charge in [0.05, 0.1) is 32.7 Å². The first kappa shape index (κ1) is 27.1. The average Bonchev–Trinajstić information content (AvgIpc) is 2.94. The van der Waals surface area contributed by atoms with E-state index in [2.05, 4.69) is 9.97 Å². The van der Waals surface area contributed by atoms with E-state index in [9.17, 15) is 14.7 Å². The molecule has 1 N–H and O–H groups in total. The van der Waals surface area contributed by atoms with Gasteiger partial charge >= 0.3 is 0 Å². The van der Waals surface area contributed by atoms with E-state index in [1.165, 1.54) is 0 Å². The Hall–Kier alpha value is -3.98. The third-order valence-electron chi connectivity index (χ3n) is 6.90. The fourth-order valence-electron chi connectivity index (χ4n) is 4.45. The van der Waals surface area contributed by atoms with E-state index in [0.717, 1.165) is 22.4 Å². The van der Waals surface area contributed by atoms with Gasteiger partial charge in [-0.15, -0.1) is 0 Å². The molecule has 0 fully saturated rings. The largest absolute Gasteiger partial charge is 0.497 e. The maximum Gasteiger partial charge on any atom is 0.259 e. The van der Waals surface area contributed by atoms with Crippen LogP contribution in [-0.4, -0.2) is 82.7 Å². The number of aliphatic hydroxyl groups excluding tert-OH is 1. The van der Waals surface area contributed by atoms with Crippen LogP contribution < -0.4 is 9.47 Å². The van der Waals surface area contributed by atoms with Crippen LogP contribution in [0.4, 0.5) is 0 Å². The molecule has 200 valence electrons. The van der Waals surface area contributed by atoms with E-state index in [1.807, 2.05) is 44.2 Å². The summed E-state index contributed by atoms with van der Waals surface area (Å²) in [5, 5.41) is 9.90. The molecule has 2 amide bonds.